The molecule has 1 aromatic heterocycles. The van der Waals surface area contributed by atoms with Gasteiger partial charge in [-0.2, -0.15) is 0 Å². The minimum atomic E-state index is -0.138. The number of carbonyl (C=O) groups excluding carboxylic acids is 1. The molecule has 1 heterocycles. The minimum absolute atomic E-state index is 0.138. The molecule has 0 spiro atoms. The highest BCUT2D eigenvalue weighted by atomic mass is 16.5. The molecule has 96 valence electrons. The number of amides is 1. The van der Waals surface area contributed by atoms with Crippen LogP contribution in [0.5, 0.6) is 0 Å². The van der Waals surface area contributed by atoms with Gasteiger partial charge < -0.3 is 9.63 Å². The molecule has 0 bridgehead atoms. The van der Waals surface area contributed by atoms with E-state index < -0.39 is 0 Å². The predicted octanol–water partition coefficient (Wildman–Crippen LogP) is 0.626. The number of aliphatic hydroxyl groups excluding tert-OH is 1. The largest absolute Gasteiger partial charge is 0.396 e. The monoisotopic (exact) mass is 241 g/mol. The van der Waals surface area contributed by atoms with E-state index in [4.69, 9.17) is 9.63 Å². The summed E-state index contributed by atoms with van der Waals surface area (Å²) in [6.07, 6.45) is 0.669. The summed E-state index contributed by atoms with van der Waals surface area (Å²) in [6.45, 7) is 5.66. The molecule has 0 radical (unpaired) electrons. The number of hydrogen-bond acceptors (Lipinski definition) is 5. The molecule has 1 rings (SSSR count). The number of aryl methyl sites for hydroxylation is 1. The lowest BCUT2D eigenvalue weighted by molar-refractivity contribution is -0.117. The van der Waals surface area contributed by atoms with Crippen molar-refractivity contribution in [2.24, 2.45) is 0 Å². The molecule has 0 unspecified atom stereocenters. The summed E-state index contributed by atoms with van der Waals surface area (Å²) >= 11 is 0. The van der Waals surface area contributed by atoms with E-state index in [1.807, 2.05) is 11.8 Å². The Morgan fingerprint density at radius 1 is 1.65 bits per heavy atom. The summed E-state index contributed by atoms with van der Waals surface area (Å²) in [6, 6.07) is 1.67. The molecule has 0 saturated heterocycles. The molecule has 6 nitrogen and oxygen atoms in total. The number of likely N-dealkylation sites (N-methyl/N-ethyl adjacent to an activating group) is 1. The van der Waals surface area contributed by atoms with Gasteiger partial charge in [-0.25, -0.2) is 0 Å². The van der Waals surface area contributed by atoms with Crippen molar-refractivity contribution in [3.63, 3.8) is 0 Å². The third kappa shape index (κ3) is 4.97. The second-order valence-corrected chi connectivity index (χ2v) is 3.83. The van der Waals surface area contributed by atoms with Gasteiger partial charge in [0.2, 0.25) is 11.8 Å². The van der Waals surface area contributed by atoms with Gasteiger partial charge in [-0.15, -0.1) is 0 Å². The molecular formula is C11H19N3O3. The number of aromatic nitrogens is 1. The smallest absolute Gasteiger partial charge is 0.240 e. The van der Waals surface area contributed by atoms with Gasteiger partial charge in [0.05, 0.1) is 12.2 Å². The van der Waals surface area contributed by atoms with Crippen molar-refractivity contribution in [3.8, 4) is 0 Å². The SMILES string of the molecule is CCN(CCCO)CC(=O)Nc1cc(C)no1. The number of nitrogens with one attached hydrogen (secondary N) is 1. The first-order valence-electron chi connectivity index (χ1n) is 5.72. The Morgan fingerprint density at radius 2 is 2.41 bits per heavy atom. The van der Waals surface area contributed by atoms with Crippen molar-refractivity contribution >= 4 is 11.8 Å². The van der Waals surface area contributed by atoms with Gasteiger partial charge in [-0.3, -0.25) is 15.0 Å². The van der Waals surface area contributed by atoms with E-state index in [0.29, 0.717) is 18.8 Å². The molecule has 0 aromatic carbocycles. The van der Waals surface area contributed by atoms with E-state index in [9.17, 15) is 4.79 Å². The zero-order valence-corrected chi connectivity index (χ0v) is 10.3. The van der Waals surface area contributed by atoms with Crippen LogP contribution in [0.2, 0.25) is 0 Å². The van der Waals surface area contributed by atoms with Crippen molar-refractivity contribution < 1.29 is 14.4 Å². The number of carbonyl (C=O) groups is 1. The number of anilines is 1. The average Bonchev–Trinajstić information content (AvgIpc) is 2.69. The third-order valence-electron chi connectivity index (χ3n) is 2.34. The topological polar surface area (TPSA) is 78.6 Å². The Hall–Kier alpha value is -1.40. The van der Waals surface area contributed by atoms with Gasteiger partial charge in [-0.1, -0.05) is 12.1 Å². The highest BCUT2D eigenvalue weighted by molar-refractivity contribution is 5.90. The van der Waals surface area contributed by atoms with Gasteiger partial charge in [0.25, 0.3) is 0 Å². The quantitative estimate of drug-likeness (QED) is 0.732. The molecule has 0 aliphatic heterocycles. The molecule has 0 saturated carbocycles. The minimum Gasteiger partial charge on any atom is -0.396 e. The molecule has 6 heteroatoms. The van der Waals surface area contributed by atoms with Crippen molar-refractivity contribution in [1.82, 2.24) is 10.1 Å². The summed E-state index contributed by atoms with van der Waals surface area (Å²) in [5.74, 6) is 0.228. The van der Waals surface area contributed by atoms with Crippen LogP contribution in [0.4, 0.5) is 5.88 Å². The molecule has 17 heavy (non-hydrogen) atoms. The van der Waals surface area contributed by atoms with Gasteiger partial charge in [0.1, 0.15) is 0 Å². The molecule has 0 atom stereocenters. The van der Waals surface area contributed by atoms with Gasteiger partial charge in [0, 0.05) is 19.2 Å². The molecule has 2 N–H and O–H groups in total. The second kappa shape index (κ2) is 7.03. The lowest BCUT2D eigenvalue weighted by Crippen LogP contribution is -2.34. The summed E-state index contributed by atoms with van der Waals surface area (Å²) in [5.41, 5.74) is 0.730. The summed E-state index contributed by atoms with van der Waals surface area (Å²) in [4.78, 5) is 13.6. The first-order chi connectivity index (χ1) is 8.15. The fourth-order valence-electron chi connectivity index (χ4n) is 1.45. The molecule has 0 aliphatic rings. The Labute approximate surface area is 101 Å². The summed E-state index contributed by atoms with van der Waals surface area (Å²) in [7, 11) is 0. The van der Waals surface area contributed by atoms with Crippen LogP contribution >= 0.6 is 0 Å². The maximum Gasteiger partial charge on any atom is 0.240 e. The number of aliphatic hydroxyl groups is 1. The Kier molecular flexibility index (Phi) is 5.65. The Bertz CT molecular complexity index is 351. The Balaban J connectivity index is 2.37. The van der Waals surface area contributed by atoms with Crippen molar-refractivity contribution in [2.45, 2.75) is 20.3 Å². The van der Waals surface area contributed by atoms with Crippen molar-refractivity contribution in [3.05, 3.63) is 11.8 Å². The Morgan fingerprint density at radius 3 is 2.94 bits per heavy atom. The van der Waals surface area contributed by atoms with Crippen LogP contribution in [-0.4, -0.2) is 47.3 Å². The van der Waals surface area contributed by atoms with E-state index in [2.05, 4.69) is 10.5 Å². The first-order valence-corrected chi connectivity index (χ1v) is 5.72. The van der Waals surface area contributed by atoms with E-state index >= 15 is 0 Å². The van der Waals surface area contributed by atoms with Gasteiger partial charge >= 0.3 is 0 Å². The standard InChI is InChI=1S/C11H19N3O3/c1-3-14(5-4-6-15)8-10(16)12-11-7-9(2)13-17-11/h7,15H,3-6,8H2,1-2H3,(H,12,16). The average molecular weight is 241 g/mol. The molecule has 0 aliphatic carbocycles. The van der Waals surface area contributed by atoms with Crippen LogP contribution in [0.1, 0.15) is 19.0 Å². The molecule has 1 aromatic rings. The third-order valence-corrected chi connectivity index (χ3v) is 2.34. The van der Waals surface area contributed by atoms with E-state index in [1.165, 1.54) is 0 Å². The van der Waals surface area contributed by atoms with E-state index in [1.54, 1.807) is 13.0 Å². The predicted molar refractivity (Wildman–Crippen MR) is 63.7 cm³/mol. The second-order valence-electron chi connectivity index (χ2n) is 3.83. The van der Waals surface area contributed by atoms with Gasteiger partial charge in [-0.05, 0) is 19.9 Å². The van der Waals surface area contributed by atoms with Crippen LogP contribution < -0.4 is 5.32 Å². The highest BCUT2D eigenvalue weighted by Crippen LogP contribution is 2.08. The van der Waals surface area contributed by atoms with E-state index in [-0.39, 0.29) is 19.1 Å². The molecule has 1 amide bonds. The maximum absolute atomic E-state index is 11.7. The number of rotatable bonds is 7. The van der Waals surface area contributed by atoms with Crippen LogP contribution in [0.15, 0.2) is 10.6 Å². The number of hydrogen-bond donors (Lipinski definition) is 2. The molecule has 0 fully saturated rings. The first kappa shape index (κ1) is 13.7. The van der Waals surface area contributed by atoms with Crippen molar-refractivity contribution in [1.29, 1.82) is 0 Å². The van der Waals surface area contributed by atoms with E-state index in [0.717, 1.165) is 12.2 Å². The maximum atomic E-state index is 11.7. The molecular weight excluding hydrogens is 222 g/mol. The zero-order valence-electron chi connectivity index (χ0n) is 10.3. The number of nitrogens with zero attached hydrogens (tertiary/aromatic N) is 2. The van der Waals surface area contributed by atoms with Gasteiger partial charge in [0.15, 0.2) is 0 Å². The lowest BCUT2D eigenvalue weighted by Gasteiger charge is -2.18. The van der Waals surface area contributed by atoms with Crippen LogP contribution in [0.25, 0.3) is 0 Å². The van der Waals surface area contributed by atoms with Crippen LogP contribution in [0, 0.1) is 6.92 Å². The fraction of sp³-hybridized carbons (Fsp3) is 0.636. The highest BCUT2D eigenvalue weighted by Gasteiger charge is 2.10. The normalized spacial score (nSPS) is 10.8. The summed E-state index contributed by atoms with van der Waals surface area (Å²) < 4.78 is 4.89. The van der Waals surface area contributed by atoms with Crippen molar-refractivity contribution in [2.75, 3.05) is 31.6 Å². The zero-order chi connectivity index (χ0) is 12.7. The van der Waals surface area contributed by atoms with Crippen LogP contribution in [-0.2, 0) is 4.79 Å². The summed E-state index contributed by atoms with van der Waals surface area (Å²) in [5, 5.41) is 15.0. The fourth-order valence-corrected chi connectivity index (χ4v) is 1.45. The lowest BCUT2D eigenvalue weighted by atomic mass is 10.3. The van der Waals surface area contributed by atoms with Crippen LogP contribution in [0.3, 0.4) is 0 Å².